The molecule has 2 atom stereocenters. The van der Waals surface area contributed by atoms with Crippen molar-refractivity contribution < 1.29 is 27.8 Å². The third kappa shape index (κ3) is 4.04. The van der Waals surface area contributed by atoms with Crippen molar-refractivity contribution in [2.24, 2.45) is 0 Å². The van der Waals surface area contributed by atoms with Gasteiger partial charge in [0.05, 0.1) is 12.6 Å². The highest BCUT2D eigenvalue weighted by atomic mass is 19.3. The molecule has 9 heteroatoms. The summed E-state index contributed by atoms with van der Waals surface area (Å²) in [7, 11) is 0. The Hall–Kier alpha value is -2.42. The molecule has 28 heavy (non-hydrogen) atoms. The lowest BCUT2D eigenvalue weighted by molar-refractivity contribution is -0.142. The second kappa shape index (κ2) is 7.54. The predicted octanol–water partition coefficient (Wildman–Crippen LogP) is 0.931. The zero-order chi connectivity index (χ0) is 19.7. The zero-order valence-corrected chi connectivity index (χ0v) is 15.3. The molecule has 1 aromatic rings. The summed E-state index contributed by atoms with van der Waals surface area (Å²) in [6.07, 6.45) is -0.0161. The van der Waals surface area contributed by atoms with Crippen molar-refractivity contribution in [3.63, 3.8) is 0 Å². The second-order valence-corrected chi connectivity index (χ2v) is 7.47. The van der Waals surface area contributed by atoms with Gasteiger partial charge >= 0.3 is 0 Å². The maximum Gasteiger partial charge on any atom is 0.267 e. The maximum atomic E-state index is 13.2. The summed E-state index contributed by atoms with van der Waals surface area (Å²) in [6, 6.07) is 6.22. The summed E-state index contributed by atoms with van der Waals surface area (Å²) in [6.45, 7) is 0.637. The number of carbonyl (C=O) groups is 2. The van der Waals surface area contributed by atoms with E-state index in [4.69, 9.17) is 9.47 Å². The van der Waals surface area contributed by atoms with Gasteiger partial charge in [0.15, 0.2) is 11.5 Å². The molecule has 0 bridgehead atoms. The molecule has 4 rings (SSSR count). The Bertz CT molecular complexity index is 752. The predicted molar refractivity (Wildman–Crippen MR) is 95.5 cm³/mol. The number of carbonyl (C=O) groups excluding carboxylic acids is 2. The smallest absolute Gasteiger partial charge is 0.267 e. The van der Waals surface area contributed by atoms with Crippen LogP contribution in [0.4, 0.5) is 8.78 Å². The molecule has 2 N–H and O–H groups in total. The van der Waals surface area contributed by atoms with Crippen LogP contribution in [0.5, 0.6) is 11.5 Å². The van der Waals surface area contributed by atoms with Gasteiger partial charge in [0.1, 0.15) is 6.61 Å². The lowest BCUT2D eigenvalue weighted by Gasteiger charge is -2.35. The third-order valence-corrected chi connectivity index (χ3v) is 5.36. The molecule has 7 nitrogen and oxygen atoms in total. The molecular weight excluding hydrogens is 372 g/mol. The topological polar surface area (TPSA) is 79.9 Å². The Labute approximate surface area is 161 Å². The van der Waals surface area contributed by atoms with Crippen LogP contribution in [0.3, 0.4) is 0 Å². The number of nitrogens with zero attached hydrogens (tertiary/aromatic N) is 1. The lowest BCUT2D eigenvalue weighted by Crippen LogP contribution is -2.53. The van der Waals surface area contributed by atoms with Gasteiger partial charge in [0.25, 0.3) is 11.8 Å². The lowest BCUT2D eigenvalue weighted by atomic mass is 10.0. The van der Waals surface area contributed by atoms with E-state index in [1.165, 1.54) is 0 Å². The number of halogens is 2. The standard InChI is InChI=1S/C19H23F2N3O4/c20-19(21)9-13(22-11-19)17(25)23-12-5-7-24(8-6-12)18(26)16-10-27-14-3-1-2-4-15(14)28-16/h1-4,12-13,16,22H,5-11H2,(H,23,25). The normalized spacial score (nSPS) is 26.7. The molecular formula is C19H23F2N3O4. The fourth-order valence-electron chi connectivity index (χ4n) is 3.79. The molecule has 2 amide bonds. The number of rotatable bonds is 3. The number of hydrogen-bond donors (Lipinski definition) is 2. The van der Waals surface area contributed by atoms with Crippen LogP contribution in [0, 0.1) is 0 Å². The molecule has 3 heterocycles. The largest absolute Gasteiger partial charge is 0.485 e. The number of amides is 2. The SMILES string of the molecule is O=C(NC1CCN(C(=O)C2COc3ccccc3O2)CC1)C1CC(F)(F)CN1. The number of ether oxygens (including phenoxy) is 2. The van der Waals surface area contributed by atoms with E-state index in [1.54, 1.807) is 17.0 Å². The first-order chi connectivity index (χ1) is 13.4. The third-order valence-electron chi connectivity index (χ3n) is 5.36. The molecule has 152 valence electrons. The molecule has 0 spiro atoms. The molecule has 3 aliphatic rings. The van der Waals surface area contributed by atoms with Gasteiger partial charge in [-0.3, -0.25) is 14.9 Å². The van der Waals surface area contributed by atoms with Crippen LogP contribution in [0.1, 0.15) is 19.3 Å². The van der Waals surface area contributed by atoms with Crippen molar-refractivity contribution in [2.45, 2.75) is 43.4 Å². The molecule has 2 saturated heterocycles. The van der Waals surface area contributed by atoms with Gasteiger partial charge in [-0.05, 0) is 25.0 Å². The van der Waals surface area contributed by atoms with Crippen molar-refractivity contribution in [2.75, 3.05) is 26.2 Å². The summed E-state index contributed by atoms with van der Waals surface area (Å²) >= 11 is 0. The summed E-state index contributed by atoms with van der Waals surface area (Å²) in [5.74, 6) is -2.20. The van der Waals surface area contributed by atoms with Crippen LogP contribution < -0.4 is 20.1 Å². The highest BCUT2D eigenvalue weighted by Gasteiger charge is 2.43. The van der Waals surface area contributed by atoms with E-state index >= 15 is 0 Å². The number of likely N-dealkylation sites (tertiary alicyclic amines) is 1. The van der Waals surface area contributed by atoms with E-state index < -0.39 is 36.9 Å². The molecule has 0 aliphatic carbocycles. The van der Waals surface area contributed by atoms with Gasteiger partial charge in [-0.1, -0.05) is 12.1 Å². The monoisotopic (exact) mass is 395 g/mol. The van der Waals surface area contributed by atoms with Gasteiger partial charge in [0.2, 0.25) is 12.0 Å². The Morgan fingerprint density at radius 2 is 1.89 bits per heavy atom. The fraction of sp³-hybridized carbons (Fsp3) is 0.579. The van der Waals surface area contributed by atoms with Crippen molar-refractivity contribution in [1.29, 1.82) is 0 Å². The highest BCUT2D eigenvalue weighted by Crippen LogP contribution is 2.31. The quantitative estimate of drug-likeness (QED) is 0.796. The van der Waals surface area contributed by atoms with Crippen molar-refractivity contribution in [3.8, 4) is 11.5 Å². The number of hydrogen-bond acceptors (Lipinski definition) is 5. The van der Waals surface area contributed by atoms with Crippen molar-refractivity contribution >= 4 is 11.8 Å². The number of piperidine rings is 1. The van der Waals surface area contributed by atoms with Gasteiger partial charge in [-0.15, -0.1) is 0 Å². The van der Waals surface area contributed by atoms with E-state index in [2.05, 4.69) is 10.6 Å². The van der Waals surface area contributed by atoms with Gasteiger partial charge in [-0.2, -0.15) is 0 Å². The Morgan fingerprint density at radius 1 is 1.18 bits per heavy atom. The minimum absolute atomic E-state index is 0.128. The van der Waals surface area contributed by atoms with Gasteiger partial charge < -0.3 is 19.7 Å². The first kappa shape index (κ1) is 18.9. The summed E-state index contributed by atoms with van der Waals surface area (Å²) in [5.41, 5.74) is 0. The number of nitrogens with one attached hydrogen (secondary N) is 2. The molecule has 0 radical (unpaired) electrons. The van der Waals surface area contributed by atoms with Crippen LogP contribution >= 0.6 is 0 Å². The zero-order valence-electron chi connectivity index (χ0n) is 15.3. The Morgan fingerprint density at radius 3 is 2.57 bits per heavy atom. The first-order valence-corrected chi connectivity index (χ1v) is 9.50. The van der Waals surface area contributed by atoms with E-state index in [0.29, 0.717) is 37.4 Å². The average Bonchev–Trinajstić information content (AvgIpc) is 3.07. The summed E-state index contributed by atoms with van der Waals surface area (Å²) < 4.78 is 37.8. The molecule has 2 unspecified atom stereocenters. The van der Waals surface area contributed by atoms with E-state index in [0.717, 1.165) is 0 Å². The van der Waals surface area contributed by atoms with E-state index in [-0.39, 0.29) is 18.6 Å². The van der Waals surface area contributed by atoms with Crippen LogP contribution in [-0.4, -0.2) is 67.1 Å². The van der Waals surface area contributed by atoms with Gasteiger partial charge in [-0.25, -0.2) is 8.78 Å². The number of alkyl halides is 2. The first-order valence-electron chi connectivity index (χ1n) is 9.50. The summed E-state index contributed by atoms with van der Waals surface area (Å²) in [5, 5.41) is 5.38. The van der Waals surface area contributed by atoms with E-state index in [9.17, 15) is 18.4 Å². The maximum absolute atomic E-state index is 13.2. The minimum atomic E-state index is -2.83. The second-order valence-electron chi connectivity index (χ2n) is 7.47. The van der Waals surface area contributed by atoms with Crippen LogP contribution in [0.2, 0.25) is 0 Å². The summed E-state index contributed by atoms with van der Waals surface area (Å²) in [4.78, 5) is 26.6. The molecule has 2 fully saturated rings. The molecule has 0 aromatic heterocycles. The van der Waals surface area contributed by atoms with Crippen LogP contribution in [0.25, 0.3) is 0 Å². The molecule has 0 saturated carbocycles. The highest BCUT2D eigenvalue weighted by molar-refractivity contribution is 5.83. The molecule has 1 aromatic carbocycles. The Kier molecular flexibility index (Phi) is 5.09. The fourth-order valence-corrected chi connectivity index (χ4v) is 3.79. The Balaban J connectivity index is 1.25. The van der Waals surface area contributed by atoms with Gasteiger partial charge in [0, 0.05) is 25.6 Å². The van der Waals surface area contributed by atoms with Crippen molar-refractivity contribution in [1.82, 2.24) is 15.5 Å². The number of para-hydroxylation sites is 2. The van der Waals surface area contributed by atoms with Crippen LogP contribution in [-0.2, 0) is 9.59 Å². The van der Waals surface area contributed by atoms with Crippen LogP contribution in [0.15, 0.2) is 24.3 Å². The number of fused-ring (bicyclic) bond motifs is 1. The van der Waals surface area contributed by atoms with Crippen molar-refractivity contribution in [3.05, 3.63) is 24.3 Å². The number of benzene rings is 1. The van der Waals surface area contributed by atoms with E-state index in [1.807, 2.05) is 12.1 Å². The molecule has 3 aliphatic heterocycles. The minimum Gasteiger partial charge on any atom is -0.485 e. The average molecular weight is 395 g/mol.